The Balaban J connectivity index is 1.47. The van der Waals surface area contributed by atoms with E-state index in [4.69, 9.17) is 5.73 Å². The van der Waals surface area contributed by atoms with Crippen LogP contribution in [0.4, 0.5) is 11.6 Å². The Hall–Kier alpha value is -3.81. The summed E-state index contributed by atoms with van der Waals surface area (Å²) in [5.41, 5.74) is 9.69. The molecule has 3 heterocycles. The molecule has 0 unspecified atom stereocenters. The Morgan fingerprint density at radius 1 is 1.13 bits per heavy atom. The molecular weight excluding hydrogens is 392 g/mol. The number of likely N-dealkylation sites (N-methyl/N-ethyl adjacent to an activating group) is 1. The summed E-state index contributed by atoms with van der Waals surface area (Å²) in [5.74, 6) is -0.193. The summed E-state index contributed by atoms with van der Waals surface area (Å²) in [6, 6.07) is 11.4. The number of pyridine rings is 1. The van der Waals surface area contributed by atoms with Gasteiger partial charge in [0.05, 0.1) is 12.2 Å². The first-order chi connectivity index (χ1) is 15.0. The molecule has 1 fully saturated rings. The number of aromatic nitrogens is 3. The first kappa shape index (κ1) is 19.2. The van der Waals surface area contributed by atoms with Crippen molar-refractivity contribution in [3.8, 4) is 11.3 Å². The van der Waals surface area contributed by atoms with E-state index in [-0.39, 0.29) is 17.9 Å². The number of carbonyl (C=O) groups is 2. The summed E-state index contributed by atoms with van der Waals surface area (Å²) >= 11 is 0. The van der Waals surface area contributed by atoms with Crippen molar-refractivity contribution in [2.75, 3.05) is 25.0 Å². The normalized spacial score (nSPS) is 15.6. The van der Waals surface area contributed by atoms with Gasteiger partial charge in [-0.3, -0.25) is 14.6 Å². The minimum absolute atomic E-state index is 0.110. The van der Waals surface area contributed by atoms with Crippen molar-refractivity contribution in [3.63, 3.8) is 0 Å². The summed E-state index contributed by atoms with van der Waals surface area (Å²) in [4.78, 5) is 40.9. The highest BCUT2D eigenvalue weighted by Crippen LogP contribution is 2.57. The Bertz CT molecular complexity index is 1160. The monoisotopic (exact) mass is 414 g/mol. The second-order valence-corrected chi connectivity index (χ2v) is 8.21. The van der Waals surface area contributed by atoms with E-state index in [1.807, 2.05) is 36.4 Å². The number of nitrogens with two attached hydrogens (primary N) is 1. The Morgan fingerprint density at radius 2 is 1.90 bits per heavy atom. The van der Waals surface area contributed by atoms with Gasteiger partial charge < -0.3 is 15.5 Å². The minimum Gasteiger partial charge on any atom is -0.368 e. The number of hydrogen-bond acceptors (Lipinski definition) is 6. The van der Waals surface area contributed by atoms with Crippen molar-refractivity contribution in [1.29, 1.82) is 0 Å². The standard InChI is InChI=1S/C23H22N6O2/c1-28(13-20(24)30)21(31)15-5-6-17-19(10-15)29(14-23(17)7-8-23)22-26-11-16(12-27-22)18-4-2-3-9-25-18/h2-6,9-12H,7-8,13-14H2,1H3,(H2,24,30). The van der Waals surface area contributed by atoms with Gasteiger partial charge in [-0.15, -0.1) is 0 Å². The molecule has 0 atom stereocenters. The Labute approximate surface area is 179 Å². The zero-order valence-electron chi connectivity index (χ0n) is 17.2. The number of carbonyl (C=O) groups excluding carboxylic acids is 2. The number of rotatable bonds is 5. The predicted octanol–water partition coefficient (Wildman–Crippen LogP) is 2.28. The fourth-order valence-electron chi connectivity index (χ4n) is 4.22. The molecule has 2 amide bonds. The lowest BCUT2D eigenvalue weighted by Gasteiger charge is -2.19. The molecule has 156 valence electrons. The van der Waals surface area contributed by atoms with Crippen molar-refractivity contribution in [2.24, 2.45) is 5.73 Å². The van der Waals surface area contributed by atoms with Crippen molar-refractivity contribution in [2.45, 2.75) is 18.3 Å². The molecule has 1 spiro atoms. The smallest absolute Gasteiger partial charge is 0.254 e. The lowest BCUT2D eigenvalue weighted by atomic mass is 9.97. The molecule has 31 heavy (non-hydrogen) atoms. The molecule has 2 aliphatic rings. The van der Waals surface area contributed by atoms with E-state index in [1.54, 1.807) is 25.6 Å². The molecule has 1 aliphatic carbocycles. The molecule has 0 saturated heterocycles. The minimum atomic E-state index is -0.544. The molecule has 2 N–H and O–H groups in total. The lowest BCUT2D eigenvalue weighted by molar-refractivity contribution is -0.118. The molecule has 1 aromatic carbocycles. The van der Waals surface area contributed by atoms with Crippen LogP contribution in [0.5, 0.6) is 0 Å². The van der Waals surface area contributed by atoms with Gasteiger partial charge in [0.1, 0.15) is 0 Å². The number of hydrogen-bond donors (Lipinski definition) is 1. The SMILES string of the molecule is CN(CC(N)=O)C(=O)c1ccc2c(c1)N(c1ncc(-c3ccccn3)cn1)CC21CC1. The second kappa shape index (κ2) is 7.16. The van der Waals surface area contributed by atoms with E-state index in [9.17, 15) is 9.59 Å². The maximum absolute atomic E-state index is 12.8. The number of benzene rings is 1. The van der Waals surface area contributed by atoms with E-state index in [2.05, 4.69) is 19.9 Å². The Morgan fingerprint density at radius 3 is 2.55 bits per heavy atom. The highest BCUT2D eigenvalue weighted by atomic mass is 16.2. The first-order valence-corrected chi connectivity index (χ1v) is 10.2. The molecule has 1 aliphatic heterocycles. The van der Waals surface area contributed by atoms with Gasteiger partial charge in [0.15, 0.2) is 0 Å². The quantitative estimate of drug-likeness (QED) is 0.687. The van der Waals surface area contributed by atoms with Gasteiger partial charge in [-0.05, 0) is 42.7 Å². The van der Waals surface area contributed by atoms with Crippen LogP contribution in [0.2, 0.25) is 0 Å². The van der Waals surface area contributed by atoms with Crippen LogP contribution in [0.25, 0.3) is 11.3 Å². The van der Waals surface area contributed by atoms with Gasteiger partial charge in [0.25, 0.3) is 5.91 Å². The largest absolute Gasteiger partial charge is 0.368 e. The summed E-state index contributed by atoms with van der Waals surface area (Å²) in [7, 11) is 1.57. The summed E-state index contributed by atoms with van der Waals surface area (Å²) in [5, 5.41) is 0. The lowest BCUT2D eigenvalue weighted by Crippen LogP contribution is -2.35. The molecule has 0 radical (unpaired) electrons. The number of fused-ring (bicyclic) bond motifs is 2. The molecule has 1 saturated carbocycles. The predicted molar refractivity (Wildman–Crippen MR) is 116 cm³/mol. The fourth-order valence-corrected chi connectivity index (χ4v) is 4.22. The number of primary amides is 1. The number of nitrogens with zero attached hydrogens (tertiary/aromatic N) is 5. The van der Waals surface area contributed by atoms with Crippen LogP contribution in [0.3, 0.4) is 0 Å². The van der Waals surface area contributed by atoms with Crippen LogP contribution < -0.4 is 10.6 Å². The Kier molecular flexibility index (Phi) is 4.43. The molecule has 2 aromatic heterocycles. The van der Waals surface area contributed by atoms with Gasteiger partial charge in [0.2, 0.25) is 11.9 Å². The fraction of sp³-hybridized carbons (Fsp3) is 0.261. The number of anilines is 2. The highest BCUT2D eigenvalue weighted by Gasteiger charge is 2.52. The molecule has 0 bridgehead atoms. The second-order valence-electron chi connectivity index (χ2n) is 8.21. The van der Waals surface area contributed by atoms with Crippen LogP contribution >= 0.6 is 0 Å². The van der Waals surface area contributed by atoms with Gasteiger partial charge in [-0.2, -0.15) is 0 Å². The summed E-state index contributed by atoms with van der Waals surface area (Å²) in [6.07, 6.45) is 7.51. The topological polar surface area (TPSA) is 105 Å². The molecule has 8 heteroatoms. The maximum Gasteiger partial charge on any atom is 0.254 e. The van der Waals surface area contributed by atoms with Crippen molar-refractivity contribution in [3.05, 3.63) is 66.1 Å². The van der Waals surface area contributed by atoms with Crippen LogP contribution in [0.1, 0.15) is 28.8 Å². The first-order valence-electron chi connectivity index (χ1n) is 10.2. The molecule has 8 nitrogen and oxygen atoms in total. The van der Waals surface area contributed by atoms with E-state index in [1.165, 1.54) is 10.5 Å². The summed E-state index contributed by atoms with van der Waals surface area (Å²) in [6.45, 7) is 0.668. The highest BCUT2D eigenvalue weighted by molar-refractivity contribution is 5.97. The van der Waals surface area contributed by atoms with E-state index < -0.39 is 5.91 Å². The van der Waals surface area contributed by atoms with Crippen LogP contribution in [-0.4, -0.2) is 51.8 Å². The third-order valence-corrected chi connectivity index (χ3v) is 6.00. The van der Waals surface area contributed by atoms with Crippen molar-refractivity contribution >= 4 is 23.5 Å². The summed E-state index contributed by atoms with van der Waals surface area (Å²) < 4.78 is 0. The molecule has 5 rings (SSSR count). The van der Waals surface area contributed by atoms with Gasteiger partial charge in [-0.25, -0.2) is 9.97 Å². The van der Waals surface area contributed by atoms with Crippen LogP contribution in [0.15, 0.2) is 55.0 Å². The van der Waals surface area contributed by atoms with Crippen LogP contribution in [0, 0.1) is 0 Å². The molecular formula is C23H22N6O2. The van der Waals surface area contributed by atoms with Crippen LogP contribution in [-0.2, 0) is 10.2 Å². The van der Waals surface area contributed by atoms with Crippen molar-refractivity contribution < 1.29 is 9.59 Å². The average Bonchev–Trinajstić information content (AvgIpc) is 3.50. The van der Waals surface area contributed by atoms with Gasteiger partial charge in [0, 0.05) is 54.4 Å². The van der Waals surface area contributed by atoms with E-state index >= 15 is 0 Å². The zero-order valence-corrected chi connectivity index (χ0v) is 17.2. The van der Waals surface area contributed by atoms with Crippen molar-refractivity contribution in [1.82, 2.24) is 19.9 Å². The maximum atomic E-state index is 12.8. The third-order valence-electron chi connectivity index (χ3n) is 6.00. The van der Waals surface area contributed by atoms with E-state index in [0.29, 0.717) is 11.5 Å². The third kappa shape index (κ3) is 3.39. The van der Waals surface area contributed by atoms with Gasteiger partial charge in [-0.1, -0.05) is 12.1 Å². The molecule has 3 aromatic rings. The van der Waals surface area contributed by atoms with Gasteiger partial charge >= 0.3 is 0 Å². The van der Waals surface area contributed by atoms with E-state index in [0.717, 1.165) is 36.3 Å². The zero-order chi connectivity index (χ0) is 21.6. The average molecular weight is 414 g/mol. The number of amides is 2.